The van der Waals surface area contributed by atoms with Crippen molar-refractivity contribution < 1.29 is 22.3 Å². The van der Waals surface area contributed by atoms with Crippen molar-refractivity contribution in [1.82, 2.24) is 4.90 Å². The molecule has 2 aromatic carbocycles. The molecule has 0 aliphatic heterocycles. The van der Waals surface area contributed by atoms with Gasteiger partial charge in [0.15, 0.2) is 21.4 Å². The minimum atomic E-state index is -3.18. The SMILES string of the molecule is CCN(Cc1ccc(OC)c(F)c1)C(=O)c1cccc(CS(C)(=O)=O)c1. The van der Waals surface area contributed by atoms with Crippen LogP contribution in [0, 0.1) is 5.82 Å². The number of nitrogens with zero attached hydrogens (tertiary/aromatic N) is 1. The molecular weight excluding hydrogens is 357 g/mol. The number of methoxy groups -OCH3 is 1. The van der Waals surface area contributed by atoms with Crippen molar-refractivity contribution in [2.45, 2.75) is 19.2 Å². The molecule has 0 atom stereocenters. The summed E-state index contributed by atoms with van der Waals surface area (Å²) in [7, 11) is -1.79. The summed E-state index contributed by atoms with van der Waals surface area (Å²) in [6, 6.07) is 11.1. The lowest BCUT2D eigenvalue weighted by molar-refractivity contribution is 0.0752. The van der Waals surface area contributed by atoms with Crippen molar-refractivity contribution in [3.63, 3.8) is 0 Å². The number of hydrogen-bond donors (Lipinski definition) is 0. The quantitative estimate of drug-likeness (QED) is 0.742. The van der Waals surface area contributed by atoms with Gasteiger partial charge in [0.2, 0.25) is 0 Å². The molecule has 0 aliphatic rings. The molecule has 0 aromatic heterocycles. The fourth-order valence-electron chi connectivity index (χ4n) is 2.64. The number of carbonyl (C=O) groups is 1. The fourth-order valence-corrected chi connectivity index (χ4v) is 3.42. The minimum absolute atomic E-state index is 0.121. The van der Waals surface area contributed by atoms with Crippen LogP contribution >= 0.6 is 0 Å². The number of sulfone groups is 1. The topological polar surface area (TPSA) is 63.7 Å². The molecule has 0 fully saturated rings. The van der Waals surface area contributed by atoms with Crippen LogP contribution in [0.1, 0.15) is 28.4 Å². The molecule has 5 nitrogen and oxygen atoms in total. The number of hydrogen-bond acceptors (Lipinski definition) is 4. The van der Waals surface area contributed by atoms with Crippen LogP contribution in [0.15, 0.2) is 42.5 Å². The summed E-state index contributed by atoms with van der Waals surface area (Å²) in [6.07, 6.45) is 1.15. The second-order valence-electron chi connectivity index (χ2n) is 6.06. The summed E-state index contributed by atoms with van der Waals surface area (Å²) in [6.45, 7) is 2.51. The van der Waals surface area contributed by atoms with Crippen molar-refractivity contribution in [3.8, 4) is 5.75 Å². The summed E-state index contributed by atoms with van der Waals surface area (Å²) in [5, 5.41) is 0. The molecule has 2 rings (SSSR count). The zero-order valence-corrected chi connectivity index (χ0v) is 15.8. The van der Waals surface area contributed by atoms with Gasteiger partial charge < -0.3 is 9.64 Å². The van der Waals surface area contributed by atoms with E-state index in [1.807, 2.05) is 6.92 Å². The molecular formula is C19H22FNO4S. The van der Waals surface area contributed by atoms with Crippen LogP contribution in [0.4, 0.5) is 4.39 Å². The number of amides is 1. The van der Waals surface area contributed by atoms with Gasteiger partial charge >= 0.3 is 0 Å². The smallest absolute Gasteiger partial charge is 0.254 e. The maximum atomic E-state index is 13.9. The molecule has 0 aliphatic carbocycles. The van der Waals surface area contributed by atoms with E-state index in [1.54, 1.807) is 35.2 Å². The standard InChI is InChI=1S/C19H22FNO4S/c1-4-21(12-14-8-9-18(25-2)17(20)11-14)19(22)16-7-5-6-15(10-16)13-26(3,23)24/h5-11H,4,12-13H2,1-3H3. The Kier molecular flexibility index (Phi) is 6.37. The lowest BCUT2D eigenvalue weighted by atomic mass is 10.1. The van der Waals surface area contributed by atoms with Crippen LogP contribution in [-0.4, -0.2) is 39.1 Å². The zero-order valence-electron chi connectivity index (χ0n) is 15.0. The summed E-state index contributed by atoms with van der Waals surface area (Å²) in [4.78, 5) is 14.3. The normalized spacial score (nSPS) is 11.2. The van der Waals surface area contributed by atoms with Crippen molar-refractivity contribution >= 4 is 15.7 Å². The highest BCUT2D eigenvalue weighted by Crippen LogP contribution is 2.19. The van der Waals surface area contributed by atoms with E-state index in [2.05, 4.69) is 0 Å². The summed E-state index contributed by atoms with van der Waals surface area (Å²) >= 11 is 0. The van der Waals surface area contributed by atoms with Crippen molar-refractivity contribution in [2.75, 3.05) is 19.9 Å². The molecule has 1 amide bonds. The molecule has 0 bridgehead atoms. The molecule has 0 spiro atoms. The molecule has 0 radical (unpaired) electrons. The Morgan fingerprint density at radius 2 is 1.88 bits per heavy atom. The predicted octanol–water partition coefficient (Wildman–Crippen LogP) is 3.04. The number of carbonyl (C=O) groups excluding carboxylic acids is 1. The summed E-state index contributed by atoms with van der Waals surface area (Å²) in [5.41, 5.74) is 1.61. The lowest BCUT2D eigenvalue weighted by Gasteiger charge is -2.21. The molecule has 0 N–H and O–H groups in total. The average molecular weight is 379 g/mol. The van der Waals surface area contributed by atoms with Crippen LogP contribution in [0.3, 0.4) is 0 Å². The van der Waals surface area contributed by atoms with E-state index >= 15 is 0 Å². The molecule has 0 heterocycles. The third-order valence-corrected chi connectivity index (χ3v) is 4.72. The lowest BCUT2D eigenvalue weighted by Crippen LogP contribution is -2.30. The van der Waals surface area contributed by atoms with Gasteiger partial charge in [0, 0.05) is 24.9 Å². The Morgan fingerprint density at radius 3 is 2.46 bits per heavy atom. The third kappa shape index (κ3) is 5.29. The van der Waals surface area contributed by atoms with Gasteiger partial charge in [-0.25, -0.2) is 12.8 Å². The summed E-state index contributed by atoms with van der Waals surface area (Å²) < 4.78 is 41.7. The van der Waals surface area contributed by atoms with E-state index < -0.39 is 15.7 Å². The van der Waals surface area contributed by atoms with E-state index in [9.17, 15) is 17.6 Å². The zero-order chi connectivity index (χ0) is 19.3. The van der Waals surface area contributed by atoms with Crippen LogP contribution in [-0.2, 0) is 22.1 Å². The number of ether oxygens (including phenoxy) is 1. The number of halogens is 1. The van der Waals surface area contributed by atoms with Crippen molar-refractivity contribution in [2.24, 2.45) is 0 Å². The molecule has 0 unspecified atom stereocenters. The fraction of sp³-hybridized carbons (Fsp3) is 0.316. The molecule has 2 aromatic rings. The van der Waals surface area contributed by atoms with Crippen LogP contribution in [0.2, 0.25) is 0 Å². The first-order valence-electron chi connectivity index (χ1n) is 8.12. The highest BCUT2D eigenvalue weighted by atomic mass is 32.2. The van der Waals surface area contributed by atoms with E-state index in [0.29, 0.717) is 23.2 Å². The highest BCUT2D eigenvalue weighted by Gasteiger charge is 2.16. The van der Waals surface area contributed by atoms with Gasteiger partial charge in [-0.3, -0.25) is 4.79 Å². The molecule has 26 heavy (non-hydrogen) atoms. The second kappa shape index (κ2) is 8.31. The van der Waals surface area contributed by atoms with Gasteiger partial charge in [0.1, 0.15) is 0 Å². The van der Waals surface area contributed by atoms with E-state index in [1.165, 1.54) is 19.2 Å². The van der Waals surface area contributed by atoms with Crippen LogP contribution in [0.5, 0.6) is 5.75 Å². The number of benzene rings is 2. The first kappa shape index (κ1) is 19.9. The first-order valence-corrected chi connectivity index (χ1v) is 10.2. The molecule has 7 heteroatoms. The van der Waals surface area contributed by atoms with Gasteiger partial charge in [-0.15, -0.1) is 0 Å². The Morgan fingerprint density at radius 1 is 1.15 bits per heavy atom. The van der Waals surface area contributed by atoms with Gasteiger partial charge in [-0.1, -0.05) is 18.2 Å². The van der Waals surface area contributed by atoms with Crippen molar-refractivity contribution in [3.05, 3.63) is 65.0 Å². The molecule has 0 saturated heterocycles. The minimum Gasteiger partial charge on any atom is -0.494 e. The Bertz CT molecular complexity index is 896. The van der Waals surface area contributed by atoms with Crippen LogP contribution in [0.25, 0.3) is 0 Å². The molecule has 140 valence electrons. The summed E-state index contributed by atoms with van der Waals surface area (Å²) in [5.74, 6) is -0.691. The van der Waals surface area contributed by atoms with Crippen LogP contribution < -0.4 is 4.74 Å². The maximum Gasteiger partial charge on any atom is 0.254 e. The first-order chi connectivity index (χ1) is 12.2. The van der Waals surface area contributed by atoms with E-state index in [-0.39, 0.29) is 24.0 Å². The van der Waals surface area contributed by atoms with Gasteiger partial charge in [0.25, 0.3) is 5.91 Å². The van der Waals surface area contributed by atoms with Gasteiger partial charge in [0.05, 0.1) is 12.9 Å². The number of rotatable bonds is 7. The predicted molar refractivity (Wildman–Crippen MR) is 98.4 cm³/mol. The Balaban J connectivity index is 2.20. The second-order valence-corrected chi connectivity index (χ2v) is 8.20. The Hall–Kier alpha value is -2.41. The largest absolute Gasteiger partial charge is 0.494 e. The maximum absolute atomic E-state index is 13.9. The van der Waals surface area contributed by atoms with E-state index in [0.717, 1.165) is 6.26 Å². The van der Waals surface area contributed by atoms with E-state index in [4.69, 9.17) is 4.74 Å². The monoisotopic (exact) mass is 379 g/mol. The average Bonchev–Trinajstić information content (AvgIpc) is 2.58. The van der Waals surface area contributed by atoms with Crippen molar-refractivity contribution in [1.29, 1.82) is 0 Å². The third-order valence-electron chi connectivity index (χ3n) is 3.86. The molecule has 0 saturated carbocycles. The van der Waals surface area contributed by atoms with Gasteiger partial charge in [-0.05, 0) is 42.3 Å². The van der Waals surface area contributed by atoms with Gasteiger partial charge in [-0.2, -0.15) is 0 Å². The highest BCUT2D eigenvalue weighted by molar-refractivity contribution is 7.89. The Labute approximate surface area is 153 Å².